The molecule has 15 heavy (non-hydrogen) atoms. The van der Waals surface area contributed by atoms with Gasteiger partial charge in [-0.3, -0.25) is 0 Å². The van der Waals surface area contributed by atoms with Crippen molar-refractivity contribution in [2.75, 3.05) is 0 Å². The minimum Gasteiger partial charge on any atom is -0.478 e. The van der Waals surface area contributed by atoms with Crippen molar-refractivity contribution in [3.8, 4) is 0 Å². The van der Waals surface area contributed by atoms with Crippen LogP contribution < -0.4 is 0 Å². The van der Waals surface area contributed by atoms with E-state index >= 15 is 0 Å². The van der Waals surface area contributed by atoms with E-state index in [4.69, 9.17) is 28.3 Å². The average molecular weight is 246 g/mol. The van der Waals surface area contributed by atoms with Crippen LogP contribution >= 0.6 is 23.2 Å². The maximum absolute atomic E-state index is 10.9. The number of carboxylic acid groups (broad SMARTS) is 1. The van der Waals surface area contributed by atoms with E-state index < -0.39 is 5.97 Å². The molecule has 1 rings (SSSR count). The number of nitrogens with zero attached hydrogens (tertiary/aromatic N) is 1. The summed E-state index contributed by atoms with van der Waals surface area (Å²) in [5.41, 5.74) is 0.530. The summed E-state index contributed by atoms with van der Waals surface area (Å²) in [7, 11) is 0. The molecule has 0 radical (unpaired) electrons. The molecule has 0 saturated heterocycles. The summed E-state index contributed by atoms with van der Waals surface area (Å²) in [5, 5.41) is 9.31. The molecule has 0 bridgehead atoms. The number of aliphatic carboxylic acids is 1. The first kappa shape index (κ1) is 12.0. The van der Waals surface area contributed by atoms with E-state index in [2.05, 4.69) is 4.98 Å². The normalized spacial score (nSPS) is 11.5. The zero-order valence-corrected chi connectivity index (χ0v) is 9.51. The molecule has 3 nitrogen and oxygen atoms in total. The largest absolute Gasteiger partial charge is 0.478 e. The first-order valence-corrected chi connectivity index (χ1v) is 5.07. The van der Waals surface area contributed by atoms with Gasteiger partial charge in [0.25, 0.3) is 0 Å². The van der Waals surface area contributed by atoms with Crippen molar-refractivity contribution in [1.29, 1.82) is 0 Å². The Morgan fingerprint density at radius 1 is 1.53 bits per heavy atom. The minimum absolute atomic E-state index is 0.101. The Bertz CT molecular complexity index is 416. The van der Waals surface area contributed by atoms with Crippen LogP contribution in [0.25, 0.3) is 5.57 Å². The number of pyridine rings is 1. The summed E-state index contributed by atoms with van der Waals surface area (Å²) < 4.78 is 0. The summed E-state index contributed by atoms with van der Waals surface area (Å²) >= 11 is 11.4. The first-order chi connectivity index (χ1) is 7.06. The highest BCUT2D eigenvalue weighted by atomic mass is 35.5. The lowest BCUT2D eigenvalue weighted by Gasteiger charge is -2.04. The smallest absolute Gasteiger partial charge is 0.336 e. The molecule has 0 amide bonds. The molecule has 1 aromatic heterocycles. The van der Waals surface area contributed by atoms with E-state index in [-0.39, 0.29) is 15.9 Å². The lowest BCUT2D eigenvalue weighted by Crippen LogP contribution is -2.01. The van der Waals surface area contributed by atoms with Crippen LogP contribution in [0, 0.1) is 0 Å². The quantitative estimate of drug-likeness (QED) is 0.657. The minimum atomic E-state index is -1.03. The number of halogens is 2. The fourth-order valence-corrected chi connectivity index (χ4v) is 1.58. The van der Waals surface area contributed by atoms with Gasteiger partial charge >= 0.3 is 5.97 Å². The number of allylic oxidation sites excluding steroid dienone is 1. The maximum atomic E-state index is 10.9. The highest BCUT2D eigenvalue weighted by Crippen LogP contribution is 2.24. The van der Waals surface area contributed by atoms with Crippen LogP contribution in [0.1, 0.15) is 18.9 Å². The average Bonchev–Trinajstić information content (AvgIpc) is 2.15. The van der Waals surface area contributed by atoms with Gasteiger partial charge in [-0.2, -0.15) is 0 Å². The van der Waals surface area contributed by atoms with Crippen molar-refractivity contribution >= 4 is 34.7 Å². The maximum Gasteiger partial charge on any atom is 0.336 e. The third kappa shape index (κ3) is 2.94. The van der Waals surface area contributed by atoms with E-state index in [1.54, 1.807) is 12.1 Å². The van der Waals surface area contributed by atoms with Crippen LogP contribution in [-0.2, 0) is 4.79 Å². The zero-order chi connectivity index (χ0) is 11.4. The van der Waals surface area contributed by atoms with Crippen molar-refractivity contribution in [2.45, 2.75) is 13.3 Å². The number of carboxylic acids is 1. The predicted molar refractivity (Wildman–Crippen MR) is 60.2 cm³/mol. The van der Waals surface area contributed by atoms with Crippen molar-refractivity contribution in [3.63, 3.8) is 0 Å². The molecule has 0 spiro atoms. The van der Waals surface area contributed by atoms with Gasteiger partial charge in [-0.05, 0) is 18.6 Å². The molecule has 1 heterocycles. The summed E-state index contributed by atoms with van der Waals surface area (Å²) in [6.45, 7) is 1.85. The van der Waals surface area contributed by atoms with Crippen LogP contribution in [0.5, 0.6) is 0 Å². The predicted octanol–water partition coefficient (Wildman–Crippen LogP) is 3.27. The Balaban J connectivity index is 3.24. The van der Waals surface area contributed by atoms with Gasteiger partial charge in [0, 0.05) is 5.56 Å². The highest BCUT2D eigenvalue weighted by molar-refractivity contribution is 6.35. The van der Waals surface area contributed by atoms with Gasteiger partial charge < -0.3 is 5.11 Å². The molecular weight excluding hydrogens is 237 g/mol. The molecule has 1 aromatic rings. The molecule has 0 aliphatic rings. The number of hydrogen-bond donors (Lipinski definition) is 1. The Labute approximate surface area is 97.3 Å². The molecule has 0 aliphatic heterocycles. The molecule has 0 aliphatic carbocycles. The first-order valence-electron chi connectivity index (χ1n) is 4.32. The Kier molecular flexibility index (Phi) is 4.12. The lowest BCUT2D eigenvalue weighted by molar-refractivity contribution is -0.130. The van der Waals surface area contributed by atoms with Crippen molar-refractivity contribution < 1.29 is 9.90 Å². The SMILES string of the molecule is CC/C=C(/C(=O)O)c1ccc(Cl)nc1Cl. The molecule has 0 atom stereocenters. The van der Waals surface area contributed by atoms with Gasteiger partial charge in [0.2, 0.25) is 0 Å². The number of hydrogen-bond acceptors (Lipinski definition) is 2. The third-order valence-corrected chi connectivity index (χ3v) is 2.24. The summed E-state index contributed by atoms with van der Waals surface area (Å²) in [4.78, 5) is 14.7. The fourth-order valence-electron chi connectivity index (χ4n) is 1.13. The molecular formula is C10H9Cl2NO2. The molecule has 0 aromatic carbocycles. The molecule has 1 N–H and O–H groups in total. The number of aromatic nitrogens is 1. The second-order valence-electron chi connectivity index (χ2n) is 2.80. The standard InChI is InChI=1S/C10H9Cl2NO2/c1-2-3-7(10(14)15)6-4-5-8(11)13-9(6)12/h3-5H,2H2,1H3,(H,14,15)/b7-3+. The monoisotopic (exact) mass is 245 g/mol. The van der Waals surface area contributed by atoms with Gasteiger partial charge in [0.05, 0.1) is 5.57 Å². The van der Waals surface area contributed by atoms with Gasteiger partial charge in [-0.1, -0.05) is 36.2 Å². The van der Waals surface area contributed by atoms with Crippen molar-refractivity contribution in [3.05, 3.63) is 34.1 Å². The van der Waals surface area contributed by atoms with Gasteiger partial charge in [0.15, 0.2) is 0 Å². The summed E-state index contributed by atoms with van der Waals surface area (Å²) in [6, 6.07) is 3.06. The van der Waals surface area contributed by atoms with Gasteiger partial charge in [-0.25, -0.2) is 9.78 Å². The fraction of sp³-hybridized carbons (Fsp3) is 0.200. The topological polar surface area (TPSA) is 50.2 Å². The zero-order valence-electron chi connectivity index (χ0n) is 8.00. The van der Waals surface area contributed by atoms with Crippen LogP contribution in [0.4, 0.5) is 0 Å². The van der Waals surface area contributed by atoms with E-state index in [0.717, 1.165) is 0 Å². The molecule has 80 valence electrons. The highest BCUT2D eigenvalue weighted by Gasteiger charge is 2.14. The van der Waals surface area contributed by atoms with Crippen molar-refractivity contribution in [2.24, 2.45) is 0 Å². The molecule has 5 heteroatoms. The van der Waals surface area contributed by atoms with Crippen LogP contribution in [0.2, 0.25) is 10.3 Å². The second-order valence-corrected chi connectivity index (χ2v) is 3.55. The van der Waals surface area contributed by atoms with Gasteiger partial charge in [0.1, 0.15) is 10.3 Å². The van der Waals surface area contributed by atoms with E-state index in [0.29, 0.717) is 12.0 Å². The number of carbonyl (C=O) groups is 1. The van der Waals surface area contributed by atoms with E-state index in [1.807, 2.05) is 6.92 Å². The lowest BCUT2D eigenvalue weighted by atomic mass is 10.1. The Morgan fingerprint density at radius 2 is 2.20 bits per heavy atom. The van der Waals surface area contributed by atoms with Crippen LogP contribution in [-0.4, -0.2) is 16.1 Å². The summed E-state index contributed by atoms with van der Waals surface area (Å²) in [6.07, 6.45) is 2.19. The molecule has 0 unspecified atom stereocenters. The van der Waals surface area contributed by atoms with Crippen molar-refractivity contribution in [1.82, 2.24) is 4.98 Å². The van der Waals surface area contributed by atoms with Crippen LogP contribution in [0.3, 0.4) is 0 Å². The van der Waals surface area contributed by atoms with Crippen LogP contribution in [0.15, 0.2) is 18.2 Å². The summed E-state index contributed by atoms with van der Waals surface area (Å²) in [5.74, 6) is -1.03. The molecule has 0 fully saturated rings. The van der Waals surface area contributed by atoms with Gasteiger partial charge in [-0.15, -0.1) is 0 Å². The Hall–Kier alpha value is -1.06. The second kappa shape index (κ2) is 5.14. The third-order valence-electron chi connectivity index (χ3n) is 1.74. The molecule has 0 saturated carbocycles. The Morgan fingerprint density at radius 3 is 2.67 bits per heavy atom. The van der Waals surface area contributed by atoms with E-state index in [1.165, 1.54) is 6.07 Å². The number of rotatable bonds is 3. The van der Waals surface area contributed by atoms with E-state index in [9.17, 15) is 4.79 Å².